The van der Waals surface area contributed by atoms with E-state index in [4.69, 9.17) is 0 Å². The van der Waals surface area contributed by atoms with Crippen LogP contribution in [0.2, 0.25) is 0 Å². The second-order valence-corrected chi connectivity index (χ2v) is 7.01. The molecule has 2 saturated carbocycles. The molecule has 2 aliphatic carbocycles. The molecule has 3 heteroatoms. The lowest BCUT2D eigenvalue weighted by molar-refractivity contribution is 0.147. The molecule has 0 saturated heterocycles. The van der Waals surface area contributed by atoms with Crippen molar-refractivity contribution in [2.24, 2.45) is 17.8 Å². The highest BCUT2D eigenvalue weighted by Gasteiger charge is 2.31. The standard InChI is InChI=1S/C17H32N2O/c1-3-13(2)11-12-18-17(20)19-16-9-7-15(8-10-16)14-5-4-6-14/h13-16H,3-12H2,1-2H3,(H2,18,19,20). The van der Waals surface area contributed by atoms with Crippen LogP contribution in [0.5, 0.6) is 0 Å². The van der Waals surface area contributed by atoms with Gasteiger partial charge in [-0.1, -0.05) is 39.5 Å². The number of rotatable bonds is 6. The molecule has 2 aliphatic rings. The van der Waals surface area contributed by atoms with E-state index in [-0.39, 0.29) is 6.03 Å². The van der Waals surface area contributed by atoms with E-state index in [0.29, 0.717) is 12.0 Å². The Kier molecular flexibility index (Phi) is 6.18. The molecule has 0 aliphatic heterocycles. The van der Waals surface area contributed by atoms with Gasteiger partial charge in [0.05, 0.1) is 0 Å². The van der Waals surface area contributed by atoms with E-state index >= 15 is 0 Å². The van der Waals surface area contributed by atoms with E-state index in [1.54, 1.807) is 0 Å². The highest BCUT2D eigenvalue weighted by atomic mass is 16.2. The van der Waals surface area contributed by atoms with Gasteiger partial charge in [0.1, 0.15) is 0 Å². The summed E-state index contributed by atoms with van der Waals surface area (Å²) < 4.78 is 0. The summed E-state index contributed by atoms with van der Waals surface area (Å²) in [6.45, 7) is 5.24. The van der Waals surface area contributed by atoms with Gasteiger partial charge in [-0.2, -0.15) is 0 Å². The first-order chi connectivity index (χ1) is 9.69. The molecule has 0 spiro atoms. The van der Waals surface area contributed by atoms with E-state index in [0.717, 1.165) is 24.8 Å². The van der Waals surface area contributed by atoms with Crippen molar-refractivity contribution in [1.29, 1.82) is 0 Å². The molecule has 0 aromatic carbocycles. The molecule has 0 aromatic rings. The van der Waals surface area contributed by atoms with Gasteiger partial charge in [0.25, 0.3) is 0 Å². The van der Waals surface area contributed by atoms with Gasteiger partial charge in [0, 0.05) is 12.6 Å². The summed E-state index contributed by atoms with van der Waals surface area (Å²) in [5.41, 5.74) is 0. The van der Waals surface area contributed by atoms with Gasteiger partial charge < -0.3 is 10.6 Å². The largest absolute Gasteiger partial charge is 0.338 e. The summed E-state index contributed by atoms with van der Waals surface area (Å²) in [7, 11) is 0. The zero-order valence-corrected chi connectivity index (χ0v) is 13.3. The van der Waals surface area contributed by atoms with Crippen molar-refractivity contribution in [3.63, 3.8) is 0 Å². The molecule has 0 heterocycles. The van der Waals surface area contributed by atoms with Crippen LogP contribution in [0, 0.1) is 17.8 Å². The minimum absolute atomic E-state index is 0.0420. The molecule has 1 atom stereocenters. The number of carbonyl (C=O) groups excluding carboxylic acids is 1. The third-order valence-electron chi connectivity index (χ3n) is 5.54. The molecule has 2 fully saturated rings. The average Bonchev–Trinajstić information content (AvgIpc) is 2.38. The molecule has 1 unspecified atom stereocenters. The quantitative estimate of drug-likeness (QED) is 0.756. The highest BCUT2D eigenvalue weighted by Crippen LogP contribution is 2.40. The van der Waals surface area contributed by atoms with Crippen LogP contribution in [0.25, 0.3) is 0 Å². The molecule has 2 N–H and O–H groups in total. The second kappa shape index (κ2) is 7.90. The van der Waals surface area contributed by atoms with Gasteiger partial charge in [0.2, 0.25) is 0 Å². The number of amides is 2. The summed E-state index contributed by atoms with van der Waals surface area (Å²) in [6.07, 6.45) is 11.6. The lowest BCUT2D eigenvalue weighted by Gasteiger charge is -2.38. The predicted molar refractivity (Wildman–Crippen MR) is 83.7 cm³/mol. The van der Waals surface area contributed by atoms with E-state index in [9.17, 15) is 4.79 Å². The molecule has 20 heavy (non-hydrogen) atoms. The highest BCUT2D eigenvalue weighted by molar-refractivity contribution is 5.74. The van der Waals surface area contributed by atoms with Gasteiger partial charge in [-0.25, -0.2) is 4.79 Å². The van der Waals surface area contributed by atoms with E-state index in [1.807, 2.05) is 0 Å². The third-order valence-corrected chi connectivity index (χ3v) is 5.54. The molecule has 0 radical (unpaired) electrons. The van der Waals surface area contributed by atoms with Crippen molar-refractivity contribution in [1.82, 2.24) is 10.6 Å². The topological polar surface area (TPSA) is 41.1 Å². The van der Waals surface area contributed by atoms with Crippen molar-refractivity contribution in [2.75, 3.05) is 6.54 Å². The van der Waals surface area contributed by atoms with Gasteiger partial charge in [-0.3, -0.25) is 0 Å². The Balaban J connectivity index is 1.56. The first kappa shape index (κ1) is 15.7. The smallest absolute Gasteiger partial charge is 0.315 e. The molecule has 0 bridgehead atoms. The monoisotopic (exact) mass is 280 g/mol. The van der Waals surface area contributed by atoms with Gasteiger partial charge in [0.15, 0.2) is 0 Å². The van der Waals surface area contributed by atoms with Crippen LogP contribution in [0.15, 0.2) is 0 Å². The van der Waals surface area contributed by atoms with Crippen molar-refractivity contribution < 1.29 is 4.79 Å². The minimum atomic E-state index is 0.0420. The molecular formula is C17H32N2O. The van der Waals surface area contributed by atoms with E-state index in [2.05, 4.69) is 24.5 Å². The Morgan fingerprint density at radius 3 is 2.30 bits per heavy atom. The molecule has 116 valence electrons. The maximum atomic E-state index is 11.8. The van der Waals surface area contributed by atoms with Crippen molar-refractivity contribution in [2.45, 2.75) is 77.7 Å². The van der Waals surface area contributed by atoms with Gasteiger partial charge >= 0.3 is 6.03 Å². The summed E-state index contributed by atoms with van der Waals surface area (Å²) in [5, 5.41) is 6.16. The summed E-state index contributed by atoms with van der Waals surface area (Å²) in [4.78, 5) is 11.8. The summed E-state index contributed by atoms with van der Waals surface area (Å²) in [6, 6.07) is 0.454. The average molecular weight is 280 g/mol. The molecule has 2 amide bonds. The first-order valence-corrected chi connectivity index (χ1v) is 8.73. The summed E-state index contributed by atoms with van der Waals surface area (Å²) in [5.74, 6) is 2.67. The molecule has 0 aromatic heterocycles. The molecular weight excluding hydrogens is 248 g/mol. The fourth-order valence-corrected chi connectivity index (χ4v) is 3.52. The first-order valence-electron chi connectivity index (χ1n) is 8.73. The van der Waals surface area contributed by atoms with Crippen LogP contribution in [-0.2, 0) is 0 Å². The van der Waals surface area contributed by atoms with Crippen LogP contribution in [-0.4, -0.2) is 18.6 Å². The number of nitrogens with one attached hydrogen (secondary N) is 2. The SMILES string of the molecule is CCC(C)CCNC(=O)NC1CCC(C2CCC2)CC1. The Morgan fingerprint density at radius 2 is 1.75 bits per heavy atom. The van der Waals surface area contributed by atoms with Crippen LogP contribution in [0.1, 0.15) is 71.6 Å². The zero-order valence-electron chi connectivity index (χ0n) is 13.3. The number of carbonyl (C=O) groups is 1. The predicted octanol–water partition coefficient (Wildman–Crippen LogP) is 4.08. The number of hydrogen-bond donors (Lipinski definition) is 2. The lowest BCUT2D eigenvalue weighted by atomic mass is 9.69. The van der Waals surface area contributed by atoms with Gasteiger partial charge in [-0.15, -0.1) is 0 Å². The molecule has 3 nitrogen and oxygen atoms in total. The Labute approximate surface area is 124 Å². The van der Waals surface area contributed by atoms with E-state index < -0.39 is 0 Å². The molecule has 2 rings (SSSR count). The maximum absolute atomic E-state index is 11.8. The van der Waals surface area contributed by atoms with Crippen LogP contribution in [0.3, 0.4) is 0 Å². The van der Waals surface area contributed by atoms with Crippen LogP contribution < -0.4 is 10.6 Å². The van der Waals surface area contributed by atoms with Crippen molar-refractivity contribution >= 4 is 6.03 Å². The Bertz CT molecular complexity index is 293. The zero-order chi connectivity index (χ0) is 14.4. The Morgan fingerprint density at radius 1 is 1.10 bits per heavy atom. The second-order valence-electron chi connectivity index (χ2n) is 7.01. The van der Waals surface area contributed by atoms with E-state index in [1.165, 1.54) is 51.4 Å². The minimum Gasteiger partial charge on any atom is -0.338 e. The normalized spacial score (nSPS) is 28.5. The number of hydrogen-bond acceptors (Lipinski definition) is 1. The number of urea groups is 1. The van der Waals surface area contributed by atoms with Crippen LogP contribution in [0.4, 0.5) is 4.79 Å². The maximum Gasteiger partial charge on any atom is 0.315 e. The van der Waals surface area contributed by atoms with Crippen molar-refractivity contribution in [3.8, 4) is 0 Å². The third kappa shape index (κ3) is 4.68. The fourth-order valence-electron chi connectivity index (χ4n) is 3.52. The fraction of sp³-hybridized carbons (Fsp3) is 0.941. The summed E-state index contributed by atoms with van der Waals surface area (Å²) >= 11 is 0. The van der Waals surface area contributed by atoms with Crippen molar-refractivity contribution in [3.05, 3.63) is 0 Å². The Hall–Kier alpha value is -0.730. The van der Waals surface area contributed by atoms with Crippen LogP contribution >= 0.6 is 0 Å². The van der Waals surface area contributed by atoms with Gasteiger partial charge in [-0.05, 0) is 49.9 Å². The lowest BCUT2D eigenvalue weighted by Crippen LogP contribution is -2.44.